The number of H-pyrrole nitrogens is 1. The molecule has 2 aromatic carbocycles. The van der Waals surface area contributed by atoms with Crippen LogP contribution >= 0.6 is 0 Å². The summed E-state index contributed by atoms with van der Waals surface area (Å²) in [5.74, 6) is -0.845. The minimum absolute atomic E-state index is 0.263. The number of nitrogens with one attached hydrogen (secondary N) is 1. The number of primary amides is 1. The Morgan fingerprint density at radius 1 is 1.28 bits per heavy atom. The van der Waals surface area contributed by atoms with Crippen LogP contribution in [0.5, 0.6) is 0 Å². The van der Waals surface area contributed by atoms with E-state index in [1.807, 2.05) is 42.0 Å². The summed E-state index contributed by atoms with van der Waals surface area (Å²) in [6.45, 7) is 1.25. The number of hydrogen-bond acceptors (Lipinski definition) is 3. The zero-order valence-corrected chi connectivity index (χ0v) is 16.5. The number of carbonyl (C=O) groups excluding carboxylic acids is 1. The number of amides is 1. The third kappa shape index (κ3) is 3.86. The van der Waals surface area contributed by atoms with E-state index in [1.54, 1.807) is 12.3 Å². The standard InChI is InChI=1S/C22H24FN5O/c1-27(2)8-7-15(22(24)29)13-28-21-6-3-14(9-16(21)11-26-28)19-12-25-20-10-17(23)4-5-18(19)20/h3-6,9-12,15,25H,7-8,13H2,1-2H3,(H2,24,29). The van der Waals surface area contributed by atoms with Crippen molar-refractivity contribution < 1.29 is 9.18 Å². The highest BCUT2D eigenvalue weighted by molar-refractivity contribution is 5.97. The van der Waals surface area contributed by atoms with Gasteiger partial charge in [0.05, 0.1) is 24.2 Å². The molecule has 0 aliphatic heterocycles. The highest BCUT2D eigenvalue weighted by Crippen LogP contribution is 2.31. The summed E-state index contributed by atoms with van der Waals surface area (Å²) >= 11 is 0. The average Bonchev–Trinajstić information content (AvgIpc) is 3.27. The van der Waals surface area contributed by atoms with Gasteiger partial charge in [0.15, 0.2) is 0 Å². The minimum atomic E-state index is -0.307. The summed E-state index contributed by atoms with van der Waals surface area (Å²) in [7, 11) is 3.95. The van der Waals surface area contributed by atoms with Gasteiger partial charge >= 0.3 is 0 Å². The molecule has 3 N–H and O–H groups in total. The molecule has 0 spiro atoms. The van der Waals surface area contributed by atoms with Gasteiger partial charge in [-0.1, -0.05) is 6.07 Å². The van der Waals surface area contributed by atoms with Crippen LogP contribution in [0, 0.1) is 11.7 Å². The van der Waals surface area contributed by atoms with Crippen molar-refractivity contribution in [1.82, 2.24) is 19.7 Å². The van der Waals surface area contributed by atoms with E-state index in [4.69, 9.17) is 5.73 Å². The molecule has 4 aromatic rings. The summed E-state index contributed by atoms with van der Waals surface area (Å²) in [5.41, 5.74) is 9.36. The van der Waals surface area contributed by atoms with Crippen molar-refractivity contribution in [2.45, 2.75) is 13.0 Å². The Kier molecular flexibility index (Phi) is 5.07. The molecule has 1 unspecified atom stereocenters. The lowest BCUT2D eigenvalue weighted by molar-refractivity contribution is -0.122. The molecule has 7 heteroatoms. The molecule has 1 atom stereocenters. The van der Waals surface area contributed by atoms with Crippen LogP contribution in [-0.4, -0.2) is 46.2 Å². The maximum absolute atomic E-state index is 13.5. The van der Waals surface area contributed by atoms with Gasteiger partial charge in [0.25, 0.3) is 0 Å². The molecule has 1 amide bonds. The van der Waals surface area contributed by atoms with Crippen LogP contribution in [0.1, 0.15) is 6.42 Å². The molecule has 2 aromatic heterocycles. The first-order valence-electron chi connectivity index (χ1n) is 9.59. The summed E-state index contributed by atoms with van der Waals surface area (Å²) in [5, 5.41) is 6.43. The first kappa shape index (κ1) is 19.1. The average molecular weight is 393 g/mol. The van der Waals surface area contributed by atoms with Crippen LogP contribution in [-0.2, 0) is 11.3 Å². The highest BCUT2D eigenvalue weighted by Gasteiger charge is 2.18. The number of halogens is 1. The molecule has 0 aliphatic carbocycles. The van der Waals surface area contributed by atoms with E-state index in [0.29, 0.717) is 13.0 Å². The molecule has 0 saturated heterocycles. The Balaban J connectivity index is 1.64. The third-order valence-electron chi connectivity index (χ3n) is 5.32. The first-order valence-corrected chi connectivity index (χ1v) is 9.59. The Labute approximate surface area is 168 Å². The van der Waals surface area contributed by atoms with E-state index >= 15 is 0 Å². The molecule has 0 saturated carbocycles. The van der Waals surface area contributed by atoms with Crippen LogP contribution in [0.25, 0.3) is 32.9 Å². The Bertz CT molecular complexity index is 1180. The molecule has 6 nitrogen and oxygen atoms in total. The van der Waals surface area contributed by atoms with Gasteiger partial charge in [-0.05, 0) is 63.0 Å². The van der Waals surface area contributed by atoms with E-state index in [1.165, 1.54) is 12.1 Å². The van der Waals surface area contributed by atoms with Gasteiger partial charge < -0.3 is 15.6 Å². The van der Waals surface area contributed by atoms with E-state index in [0.717, 1.165) is 39.5 Å². The topological polar surface area (TPSA) is 79.9 Å². The Morgan fingerprint density at radius 2 is 2.10 bits per heavy atom. The van der Waals surface area contributed by atoms with Crippen LogP contribution in [0.2, 0.25) is 0 Å². The third-order valence-corrected chi connectivity index (χ3v) is 5.32. The van der Waals surface area contributed by atoms with E-state index in [2.05, 4.69) is 16.1 Å². The summed E-state index contributed by atoms with van der Waals surface area (Å²) in [4.78, 5) is 17.0. The van der Waals surface area contributed by atoms with Gasteiger partial charge in [0.1, 0.15) is 5.82 Å². The number of hydrogen-bond donors (Lipinski definition) is 2. The van der Waals surface area contributed by atoms with Gasteiger partial charge in [-0.25, -0.2) is 4.39 Å². The van der Waals surface area contributed by atoms with Crippen molar-refractivity contribution in [3.63, 3.8) is 0 Å². The van der Waals surface area contributed by atoms with Crippen LogP contribution in [0.15, 0.2) is 48.8 Å². The number of fused-ring (bicyclic) bond motifs is 2. The fourth-order valence-corrected chi connectivity index (χ4v) is 3.68. The Morgan fingerprint density at radius 3 is 2.86 bits per heavy atom. The van der Waals surface area contributed by atoms with E-state index in [9.17, 15) is 9.18 Å². The zero-order chi connectivity index (χ0) is 20.5. The molecule has 0 aliphatic rings. The van der Waals surface area contributed by atoms with Crippen molar-refractivity contribution in [2.24, 2.45) is 11.7 Å². The number of nitrogens with two attached hydrogens (primary N) is 1. The van der Waals surface area contributed by atoms with Crippen LogP contribution in [0.3, 0.4) is 0 Å². The molecular weight excluding hydrogens is 369 g/mol. The molecule has 4 rings (SSSR count). The van der Waals surface area contributed by atoms with Gasteiger partial charge in [0.2, 0.25) is 5.91 Å². The number of carbonyl (C=O) groups is 1. The number of benzene rings is 2. The molecule has 150 valence electrons. The second-order valence-electron chi connectivity index (χ2n) is 7.68. The van der Waals surface area contributed by atoms with Gasteiger partial charge in [-0.2, -0.15) is 5.10 Å². The Hall–Kier alpha value is -3.19. The van der Waals surface area contributed by atoms with Crippen molar-refractivity contribution in [1.29, 1.82) is 0 Å². The molecule has 0 bridgehead atoms. The summed E-state index contributed by atoms with van der Waals surface area (Å²) < 4.78 is 15.3. The van der Waals surface area contributed by atoms with E-state index < -0.39 is 0 Å². The zero-order valence-electron chi connectivity index (χ0n) is 16.5. The monoisotopic (exact) mass is 393 g/mol. The van der Waals surface area contributed by atoms with E-state index in [-0.39, 0.29) is 17.6 Å². The molecular formula is C22H24FN5O. The van der Waals surface area contributed by atoms with Crippen molar-refractivity contribution in [2.75, 3.05) is 20.6 Å². The SMILES string of the molecule is CN(C)CCC(Cn1ncc2cc(-c3c[nH]c4cc(F)ccc34)ccc21)C(N)=O. The number of rotatable bonds is 7. The highest BCUT2D eigenvalue weighted by atomic mass is 19.1. The normalized spacial score (nSPS) is 12.8. The largest absolute Gasteiger partial charge is 0.369 e. The first-order chi connectivity index (χ1) is 13.9. The lowest BCUT2D eigenvalue weighted by Crippen LogP contribution is -2.30. The van der Waals surface area contributed by atoms with Gasteiger partial charge in [-0.3, -0.25) is 9.48 Å². The fourth-order valence-electron chi connectivity index (χ4n) is 3.68. The lowest BCUT2D eigenvalue weighted by atomic mass is 10.0. The van der Waals surface area contributed by atoms with Crippen molar-refractivity contribution in [3.05, 3.63) is 54.6 Å². The molecule has 2 heterocycles. The predicted octanol–water partition coefficient (Wildman–Crippen LogP) is 3.38. The maximum atomic E-state index is 13.5. The minimum Gasteiger partial charge on any atom is -0.369 e. The summed E-state index contributed by atoms with van der Waals surface area (Å²) in [6.07, 6.45) is 4.38. The van der Waals surface area contributed by atoms with Crippen molar-refractivity contribution >= 4 is 27.7 Å². The molecule has 0 fully saturated rings. The summed E-state index contributed by atoms with van der Waals surface area (Å²) in [6, 6.07) is 10.8. The van der Waals surface area contributed by atoms with Crippen molar-refractivity contribution in [3.8, 4) is 11.1 Å². The van der Waals surface area contributed by atoms with Crippen LogP contribution < -0.4 is 5.73 Å². The molecule has 29 heavy (non-hydrogen) atoms. The predicted molar refractivity (Wildman–Crippen MR) is 113 cm³/mol. The molecule has 0 radical (unpaired) electrons. The van der Waals surface area contributed by atoms with Crippen LogP contribution in [0.4, 0.5) is 4.39 Å². The van der Waals surface area contributed by atoms with Gasteiger partial charge in [-0.15, -0.1) is 0 Å². The number of aromatic amines is 1. The number of nitrogens with zero attached hydrogens (tertiary/aromatic N) is 3. The number of aromatic nitrogens is 3. The second kappa shape index (κ2) is 7.67. The lowest BCUT2D eigenvalue weighted by Gasteiger charge is -2.17. The smallest absolute Gasteiger partial charge is 0.222 e. The fraction of sp³-hybridized carbons (Fsp3) is 0.273. The van der Waals surface area contributed by atoms with Gasteiger partial charge in [0, 0.05) is 28.0 Å². The maximum Gasteiger partial charge on any atom is 0.222 e. The second-order valence-corrected chi connectivity index (χ2v) is 7.68. The quantitative estimate of drug-likeness (QED) is 0.505.